The van der Waals surface area contributed by atoms with Gasteiger partial charge in [0.25, 0.3) is 0 Å². The number of hydrogen-bond donors (Lipinski definition) is 1. The van der Waals surface area contributed by atoms with Crippen molar-refractivity contribution in [3.8, 4) is 17.2 Å². The molecule has 0 atom stereocenters. The first-order valence-electron chi connectivity index (χ1n) is 13.1. The smallest absolute Gasteiger partial charge is 0.221 e. The molecule has 4 aromatic rings. The highest BCUT2D eigenvalue weighted by Crippen LogP contribution is 2.36. The first-order chi connectivity index (χ1) is 17.1. The molecule has 3 aromatic heterocycles. The molecule has 4 rings (SSSR count). The summed E-state index contributed by atoms with van der Waals surface area (Å²) in [4.78, 5) is 4.87. The Bertz CT molecular complexity index is 1260. The number of tetrazole rings is 1. The Balaban J connectivity index is 1.70. The number of H-pyrrole nitrogens is 1. The van der Waals surface area contributed by atoms with Gasteiger partial charge in [0.15, 0.2) is 5.82 Å². The van der Waals surface area contributed by atoms with Gasteiger partial charge in [-0.3, -0.25) is 0 Å². The third kappa shape index (κ3) is 5.58. The molecule has 8 heteroatoms. The standard InChI is InChI=1S/C28H40N8/c1-17(2)13-25-29-26(14-18(3)4)35(32-25)16-21-9-11-22(12-10-21)36-24(20(7)8)15-23(19(5)6)27(36)28-30-33-34-31-28/h9-12,15,17-20H,13-14,16H2,1-8H3,(H,30,31,33,34). The van der Waals surface area contributed by atoms with Crippen LogP contribution in [0.4, 0.5) is 0 Å². The minimum atomic E-state index is 0.336. The monoisotopic (exact) mass is 488 g/mol. The quantitative estimate of drug-likeness (QED) is 0.298. The Kier molecular flexibility index (Phi) is 7.71. The molecule has 192 valence electrons. The van der Waals surface area contributed by atoms with Crippen molar-refractivity contribution in [3.05, 3.63) is 58.8 Å². The predicted octanol–water partition coefficient (Wildman–Crippen LogP) is 5.94. The normalized spacial score (nSPS) is 12.1. The summed E-state index contributed by atoms with van der Waals surface area (Å²) in [7, 11) is 0. The van der Waals surface area contributed by atoms with E-state index in [0.717, 1.165) is 35.9 Å². The number of benzene rings is 1. The lowest BCUT2D eigenvalue weighted by Crippen LogP contribution is -2.10. The maximum Gasteiger partial charge on any atom is 0.221 e. The van der Waals surface area contributed by atoms with Gasteiger partial charge in [-0.1, -0.05) is 67.5 Å². The lowest BCUT2D eigenvalue weighted by molar-refractivity contribution is 0.560. The fourth-order valence-electron chi connectivity index (χ4n) is 4.63. The fraction of sp³-hybridized carbons (Fsp3) is 0.536. The van der Waals surface area contributed by atoms with Crippen molar-refractivity contribution in [1.29, 1.82) is 0 Å². The van der Waals surface area contributed by atoms with Crippen LogP contribution in [0.2, 0.25) is 0 Å². The number of nitrogens with one attached hydrogen (secondary N) is 1. The first kappa shape index (κ1) is 25.8. The topological polar surface area (TPSA) is 90.1 Å². The zero-order valence-corrected chi connectivity index (χ0v) is 22.9. The lowest BCUT2D eigenvalue weighted by Gasteiger charge is -2.16. The highest BCUT2D eigenvalue weighted by Gasteiger charge is 2.24. The van der Waals surface area contributed by atoms with Gasteiger partial charge in [0.2, 0.25) is 5.82 Å². The minimum absolute atomic E-state index is 0.336. The van der Waals surface area contributed by atoms with E-state index in [1.54, 1.807) is 0 Å². The summed E-state index contributed by atoms with van der Waals surface area (Å²) in [5.74, 6) is 4.37. The molecular weight excluding hydrogens is 448 g/mol. The summed E-state index contributed by atoms with van der Waals surface area (Å²) < 4.78 is 4.37. The first-order valence-corrected chi connectivity index (χ1v) is 13.1. The van der Waals surface area contributed by atoms with Crippen LogP contribution in [-0.4, -0.2) is 40.0 Å². The van der Waals surface area contributed by atoms with E-state index in [2.05, 4.69) is 116 Å². The van der Waals surface area contributed by atoms with Crippen LogP contribution in [0.25, 0.3) is 17.2 Å². The third-order valence-electron chi connectivity index (χ3n) is 6.33. The molecule has 0 saturated heterocycles. The Morgan fingerprint density at radius 1 is 0.861 bits per heavy atom. The molecule has 0 spiro atoms. The van der Waals surface area contributed by atoms with Crippen LogP contribution in [0.1, 0.15) is 95.7 Å². The van der Waals surface area contributed by atoms with Crippen molar-refractivity contribution in [1.82, 2.24) is 40.0 Å². The van der Waals surface area contributed by atoms with Gasteiger partial charge in [0.05, 0.1) is 12.2 Å². The second-order valence-corrected chi connectivity index (χ2v) is 11.2. The van der Waals surface area contributed by atoms with E-state index in [4.69, 9.17) is 10.1 Å². The summed E-state index contributed by atoms with van der Waals surface area (Å²) in [6.45, 7) is 18.4. The summed E-state index contributed by atoms with van der Waals surface area (Å²) >= 11 is 0. The average Bonchev–Trinajstić information content (AvgIpc) is 3.52. The maximum absolute atomic E-state index is 4.87. The SMILES string of the molecule is CC(C)Cc1nc(CC(C)C)n(Cc2ccc(-n3c(C(C)C)cc(C(C)C)c3-c3nn[nH]n3)cc2)n1. The van der Waals surface area contributed by atoms with E-state index in [9.17, 15) is 0 Å². The number of hydrogen-bond acceptors (Lipinski definition) is 5. The zero-order valence-electron chi connectivity index (χ0n) is 22.9. The summed E-state index contributed by atoms with van der Waals surface area (Å²) in [6.07, 6.45) is 1.83. The van der Waals surface area contributed by atoms with Gasteiger partial charge in [-0.05, 0) is 58.2 Å². The van der Waals surface area contributed by atoms with Crippen LogP contribution >= 0.6 is 0 Å². The fourth-order valence-corrected chi connectivity index (χ4v) is 4.63. The van der Waals surface area contributed by atoms with Gasteiger partial charge in [-0.2, -0.15) is 10.3 Å². The molecule has 0 fully saturated rings. The second kappa shape index (κ2) is 10.8. The van der Waals surface area contributed by atoms with Crippen molar-refractivity contribution in [2.75, 3.05) is 0 Å². The van der Waals surface area contributed by atoms with Crippen LogP contribution in [-0.2, 0) is 19.4 Å². The molecular formula is C28H40N8. The van der Waals surface area contributed by atoms with Gasteiger partial charge < -0.3 is 4.57 Å². The number of aromatic amines is 1. The van der Waals surface area contributed by atoms with Gasteiger partial charge in [-0.25, -0.2) is 9.67 Å². The molecule has 0 radical (unpaired) electrons. The highest BCUT2D eigenvalue weighted by atomic mass is 15.5. The van der Waals surface area contributed by atoms with Crippen LogP contribution in [0.5, 0.6) is 0 Å². The minimum Gasteiger partial charge on any atom is -0.310 e. The van der Waals surface area contributed by atoms with Crippen molar-refractivity contribution in [2.45, 2.75) is 86.6 Å². The van der Waals surface area contributed by atoms with Gasteiger partial charge in [-0.15, -0.1) is 10.2 Å². The molecule has 0 aliphatic heterocycles. The lowest BCUT2D eigenvalue weighted by atomic mass is 10.0. The second-order valence-electron chi connectivity index (χ2n) is 11.2. The van der Waals surface area contributed by atoms with E-state index >= 15 is 0 Å². The third-order valence-corrected chi connectivity index (χ3v) is 6.33. The average molecular weight is 489 g/mol. The van der Waals surface area contributed by atoms with Crippen LogP contribution in [0, 0.1) is 11.8 Å². The van der Waals surface area contributed by atoms with Crippen LogP contribution in [0.3, 0.4) is 0 Å². The Morgan fingerprint density at radius 3 is 2.11 bits per heavy atom. The Labute approximate surface area is 214 Å². The van der Waals surface area contributed by atoms with E-state index in [0.29, 0.717) is 36.0 Å². The number of rotatable bonds is 10. The van der Waals surface area contributed by atoms with E-state index in [1.165, 1.54) is 16.8 Å². The molecule has 0 unspecified atom stereocenters. The molecule has 0 amide bonds. The van der Waals surface area contributed by atoms with Crippen molar-refractivity contribution in [3.63, 3.8) is 0 Å². The molecule has 3 heterocycles. The number of aromatic nitrogens is 8. The summed E-state index contributed by atoms with van der Waals surface area (Å²) in [6, 6.07) is 11.0. The van der Waals surface area contributed by atoms with Gasteiger partial charge in [0.1, 0.15) is 5.82 Å². The van der Waals surface area contributed by atoms with E-state index in [1.807, 2.05) is 0 Å². The van der Waals surface area contributed by atoms with Gasteiger partial charge in [0, 0.05) is 24.2 Å². The van der Waals surface area contributed by atoms with Crippen LogP contribution in [0.15, 0.2) is 30.3 Å². The largest absolute Gasteiger partial charge is 0.310 e. The molecule has 1 N–H and O–H groups in total. The number of nitrogens with zero attached hydrogens (tertiary/aromatic N) is 7. The van der Waals surface area contributed by atoms with Crippen molar-refractivity contribution < 1.29 is 0 Å². The molecule has 8 nitrogen and oxygen atoms in total. The molecule has 1 aromatic carbocycles. The Morgan fingerprint density at radius 2 is 1.56 bits per heavy atom. The molecule has 0 bridgehead atoms. The maximum atomic E-state index is 4.87. The molecule has 0 aliphatic rings. The van der Waals surface area contributed by atoms with E-state index in [-0.39, 0.29) is 0 Å². The molecule has 0 saturated carbocycles. The zero-order chi connectivity index (χ0) is 26.0. The van der Waals surface area contributed by atoms with E-state index < -0.39 is 0 Å². The molecule has 36 heavy (non-hydrogen) atoms. The summed E-state index contributed by atoms with van der Waals surface area (Å²) in [5.41, 5.74) is 5.76. The predicted molar refractivity (Wildman–Crippen MR) is 143 cm³/mol. The summed E-state index contributed by atoms with van der Waals surface area (Å²) in [5, 5.41) is 20.0. The van der Waals surface area contributed by atoms with Crippen LogP contribution < -0.4 is 0 Å². The Hall–Kier alpha value is -3.29. The molecule has 0 aliphatic carbocycles. The van der Waals surface area contributed by atoms with Crippen molar-refractivity contribution >= 4 is 0 Å². The highest BCUT2D eigenvalue weighted by molar-refractivity contribution is 5.63. The van der Waals surface area contributed by atoms with Crippen molar-refractivity contribution in [2.24, 2.45) is 11.8 Å². The van der Waals surface area contributed by atoms with Gasteiger partial charge >= 0.3 is 0 Å².